The topological polar surface area (TPSA) is 112 Å². The molecule has 0 aliphatic carbocycles. The van der Waals surface area contributed by atoms with Crippen molar-refractivity contribution in [2.75, 3.05) is 131 Å². The number of hydrogen-bond donors (Lipinski definition) is 4. The van der Waals surface area contributed by atoms with Gasteiger partial charge in [-0.25, -0.2) is 0 Å². The van der Waals surface area contributed by atoms with E-state index in [9.17, 15) is 20.4 Å². The predicted octanol–water partition coefficient (Wildman–Crippen LogP) is 10.7. The number of allylic oxidation sites excluding steroid dienone is 4. The molecular weight excluding hydrogens is 813 g/mol. The van der Waals surface area contributed by atoms with Crippen LogP contribution in [-0.4, -0.2) is 171 Å². The van der Waals surface area contributed by atoms with E-state index in [1.165, 1.54) is 180 Å². The third-order valence-electron chi connectivity index (χ3n) is 12.8. The van der Waals surface area contributed by atoms with Crippen LogP contribution in [0, 0.1) is 0 Å². The maximum atomic E-state index is 9.51. The van der Waals surface area contributed by atoms with Crippen molar-refractivity contribution < 1.29 is 29.9 Å². The fraction of sp³-hybridized carbons (Fsp3) is 0.927. The fourth-order valence-electron chi connectivity index (χ4n) is 8.58. The van der Waals surface area contributed by atoms with E-state index in [1.54, 1.807) is 0 Å². The van der Waals surface area contributed by atoms with Crippen molar-refractivity contribution in [1.29, 1.82) is 0 Å². The van der Waals surface area contributed by atoms with Gasteiger partial charge in [0.1, 0.15) is 0 Å². The minimum Gasteiger partial charge on any atom is -0.395 e. The van der Waals surface area contributed by atoms with E-state index < -0.39 is 0 Å². The molecule has 0 fully saturated rings. The number of rotatable bonds is 56. The van der Waals surface area contributed by atoms with Gasteiger partial charge in [-0.1, -0.05) is 154 Å². The molecule has 0 saturated heterocycles. The van der Waals surface area contributed by atoms with Crippen molar-refractivity contribution in [3.63, 3.8) is 0 Å². The van der Waals surface area contributed by atoms with Gasteiger partial charge in [-0.2, -0.15) is 0 Å². The summed E-state index contributed by atoms with van der Waals surface area (Å²) in [5, 5.41) is 37.9. The van der Waals surface area contributed by atoms with E-state index >= 15 is 0 Å². The molecule has 0 atom stereocenters. The Balaban J connectivity index is 4.48. The quantitative estimate of drug-likeness (QED) is 0.0348. The number of hydrogen-bond acceptors (Lipinski definition) is 10. The van der Waals surface area contributed by atoms with Crippen LogP contribution in [0.2, 0.25) is 0 Å². The summed E-state index contributed by atoms with van der Waals surface area (Å²) in [6.07, 6.45) is 47.5. The Labute approximate surface area is 404 Å². The Morgan fingerprint density at radius 1 is 0.262 bits per heavy atom. The summed E-state index contributed by atoms with van der Waals surface area (Å²) >= 11 is 0. The molecule has 10 nitrogen and oxygen atoms in total. The van der Waals surface area contributed by atoms with Gasteiger partial charge in [0.15, 0.2) is 0 Å². The lowest BCUT2D eigenvalue weighted by Gasteiger charge is -2.27. The molecule has 0 spiro atoms. The molecule has 0 heterocycles. The zero-order valence-corrected chi connectivity index (χ0v) is 43.4. The second-order valence-electron chi connectivity index (χ2n) is 18.7. The molecule has 0 aliphatic rings. The zero-order chi connectivity index (χ0) is 47.2. The first-order valence-electron chi connectivity index (χ1n) is 27.9. The molecule has 0 bridgehead atoms. The maximum absolute atomic E-state index is 9.51. The number of unbranched alkanes of at least 4 members (excludes halogenated alkanes) is 24. The Hall–Kier alpha value is -0.920. The third-order valence-corrected chi connectivity index (χ3v) is 12.8. The van der Waals surface area contributed by atoms with Crippen molar-refractivity contribution in [3.05, 3.63) is 24.3 Å². The molecule has 0 aromatic carbocycles. The Bertz CT molecular complexity index is 934. The first kappa shape index (κ1) is 64.1. The molecule has 0 amide bonds. The van der Waals surface area contributed by atoms with Crippen LogP contribution >= 0.6 is 0 Å². The summed E-state index contributed by atoms with van der Waals surface area (Å²) in [5.41, 5.74) is 0. The highest BCUT2D eigenvalue weighted by atomic mass is 16.5. The lowest BCUT2D eigenvalue weighted by atomic mass is 10.1. The minimum absolute atomic E-state index is 0.113. The third kappa shape index (κ3) is 49.3. The van der Waals surface area contributed by atoms with Crippen molar-refractivity contribution in [2.24, 2.45) is 0 Å². The summed E-state index contributed by atoms with van der Waals surface area (Å²) in [7, 11) is 0. The first-order valence-corrected chi connectivity index (χ1v) is 27.9. The molecule has 65 heavy (non-hydrogen) atoms. The van der Waals surface area contributed by atoms with E-state index in [2.05, 4.69) is 57.8 Å². The molecule has 0 aromatic heterocycles. The monoisotopic (exact) mass is 925 g/mol. The van der Waals surface area contributed by atoms with Crippen LogP contribution in [0.4, 0.5) is 0 Å². The van der Waals surface area contributed by atoms with Crippen molar-refractivity contribution in [1.82, 2.24) is 19.6 Å². The molecule has 0 rings (SSSR count). The SMILES string of the molecule is CCCCCCCC/C=C\CCCCCCCCN(CCCN(CCO)CCO)CCOCCOCCN(CCCCCCCC/C=C\CCCCCCCC)CCN(CCO)CCO. The fourth-order valence-corrected chi connectivity index (χ4v) is 8.58. The van der Waals surface area contributed by atoms with E-state index in [1.807, 2.05) is 0 Å². The van der Waals surface area contributed by atoms with Gasteiger partial charge in [0.25, 0.3) is 0 Å². The van der Waals surface area contributed by atoms with Gasteiger partial charge < -0.3 is 34.8 Å². The number of aliphatic hydroxyl groups excluding tert-OH is 4. The summed E-state index contributed by atoms with van der Waals surface area (Å²) in [6, 6.07) is 0. The van der Waals surface area contributed by atoms with Gasteiger partial charge in [-0.15, -0.1) is 0 Å². The van der Waals surface area contributed by atoms with Crippen LogP contribution in [0.1, 0.15) is 200 Å². The van der Waals surface area contributed by atoms with Gasteiger partial charge in [0.2, 0.25) is 0 Å². The maximum Gasteiger partial charge on any atom is 0.0701 e. The first-order chi connectivity index (χ1) is 32.1. The second kappa shape index (κ2) is 55.7. The van der Waals surface area contributed by atoms with Crippen LogP contribution in [0.15, 0.2) is 24.3 Å². The highest BCUT2D eigenvalue weighted by Gasteiger charge is 2.11. The average molecular weight is 926 g/mol. The van der Waals surface area contributed by atoms with Gasteiger partial charge >= 0.3 is 0 Å². The van der Waals surface area contributed by atoms with Crippen LogP contribution in [0.5, 0.6) is 0 Å². The van der Waals surface area contributed by atoms with Crippen molar-refractivity contribution in [2.45, 2.75) is 200 Å². The summed E-state index contributed by atoms with van der Waals surface area (Å²) < 4.78 is 12.2. The summed E-state index contributed by atoms with van der Waals surface area (Å²) in [6.45, 7) is 17.6. The minimum atomic E-state index is 0.113. The second-order valence-corrected chi connectivity index (χ2v) is 18.7. The van der Waals surface area contributed by atoms with E-state index in [0.717, 1.165) is 58.8 Å². The smallest absolute Gasteiger partial charge is 0.0701 e. The number of ether oxygens (including phenoxy) is 2. The highest BCUT2D eigenvalue weighted by molar-refractivity contribution is 4.82. The molecule has 0 radical (unpaired) electrons. The van der Waals surface area contributed by atoms with Crippen molar-refractivity contribution >= 4 is 0 Å². The molecule has 0 saturated carbocycles. The van der Waals surface area contributed by atoms with Crippen molar-refractivity contribution in [3.8, 4) is 0 Å². The molecule has 388 valence electrons. The van der Waals surface area contributed by atoms with E-state index in [-0.39, 0.29) is 26.4 Å². The number of aliphatic hydroxyl groups is 4. The van der Waals surface area contributed by atoms with Crippen LogP contribution in [0.3, 0.4) is 0 Å². The average Bonchev–Trinajstić information content (AvgIpc) is 3.30. The lowest BCUT2D eigenvalue weighted by molar-refractivity contribution is 0.0293. The van der Waals surface area contributed by atoms with E-state index in [0.29, 0.717) is 52.6 Å². The Morgan fingerprint density at radius 2 is 0.523 bits per heavy atom. The van der Waals surface area contributed by atoms with Gasteiger partial charge in [-0.3, -0.25) is 14.7 Å². The molecule has 4 N–H and O–H groups in total. The predicted molar refractivity (Wildman–Crippen MR) is 279 cm³/mol. The van der Waals surface area contributed by atoms with Gasteiger partial charge in [0, 0.05) is 52.4 Å². The van der Waals surface area contributed by atoms with Crippen LogP contribution < -0.4 is 0 Å². The molecule has 0 aliphatic heterocycles. The lowest BCUT2D eigenvalue weighted by Crippen LogP contribution is -2.39. The Morgan fingerprint density at radius 3 is 0.862 bits per heavy atom. The van der Waals surface area contributed by atoms with Gasteiger partial charge in [0.05, 0.1) is 52.9 Å². The summed E-state index contributed by atoms with van der Waals surface area (Å²) in [4.78, 5) is 9.33. The van der Waals surface area contributed by atoms with Crippen LogP contribution in [-0.2, 0) is 9.47 Å². The summed E-state index contributed by atoms with van der Waals surface area (Å²) in [5.74, 6) is 0. The van der Waals surface area contributed by atoms with E-state index in [4.69, 9.17) is 9.47 Å². The zero-order valence-electron chi connectivity index (χ0n) is 43.4. The van der Waals surface area contributed by atoms with Crippen LogP contribution in [0.25, 0.3) is 0 Å². The molecule has 0 unspecified atom stereocenters. The molecule has 10 heteroatoms. The molecule has 0 aromatic rings. The van der Waals surface area contributed by atoms with Gasteiger partial charge in [-0.05, 0) is 96.8 Å². The largest absolute Gasteiger partial charge is 0.395 e. The number of nitrogens with zero attached hydrogens (tertiary/aromatic N) is 4. The molecular formula is C55H112N4O6. The standard InChI is InChI=1S/C55H112N4O6/c1-3-5-7-9-11-13-15-17-19-21-23-25-27-29-31-33-36-56(38-35-39-58(42-48-60)43-49-61)46-52-64-54-55-65-53-47-57(40-41-59(44-50-62)45-51-63)37-34-32-30-28-26-24-22-20-18-16-14-12-10-8-6-4-2/h17-20,60-63H,3-16,21-55H2,1-2H3/b19-17-,20-18-. The normalized spacial score (nSPS) is 12.3. The Kier molecular flexibility index (Phi) is 54.9. The highest BCUT2D eigenvalue weighted by Crippen LogP contribution is 2.13.